The van der Waals surface area contributed by atoms with Crippen LogP contribution in [-0.2, 0) is 21.0 Å². The first kappa shape index (κ1) is 22.0. The normalized spacial score (nSPS) is 11.5. The van der Waals surface area contributed by atoms with Gasteiger partial charge in [-0.15, -0.1) is 11.6 Å². The van der Waals surface area contributed by atoms with Crippen LogP contribution in [0.5, 0.6) is 11.5 Å². The third kappa shape index (κ3) is 5.59. The van der Waals surface area contributed by atoms with Crippen molar-refractivity contribution in [3.8, 4) is 11.5 Å². The number of benzene rings is 1. The summed E-state index contributed by atoms with van der Waals surface area (Å²) in [4.78, 5) is 28.9. The summed E-state index contributed by atoms with van der Waals surface area (Å²) >= 11 is 5.55. The molecule has 9 heteroatoms. The number of esters is 1. The van der Waals surface area contributed by atoms with Gasteiger partial charge in [0.15, 0.2) is 18.2 Å². The minimum Gasteiger partial charge on any atom is -0.493 e. The molecule has 0 aliphatic rings. The molecule has 0 unspecified atom stereocenters. The summed E-state index contributed by atoms with van der Waals surface area (Å²) < 4.78 is 22.7. The maximum atomic E-state index is 12.7. The van der Waals surface area contributed by atoms with Crippen molar-refractivity contribution in [2.75, 3.05) is 32.8 Å². The number of carbonyl (C=O) groups excluding carboxylic acids is 1. The van der Waals surface area contributed by atoms with Gasteiger partial charge in [0.05, 0.1) is 36.6 Å². The number of alkyl halides is 1. The third-order valence-electron chi connectivity index (χ3n) is 3.76. The van der Waals surface area contributed by atoms with Gasteiger partial charge in [-0.3, -0.25) is 14.2 Å². The summed E-state index contributed by atoms with van der Waals surface area (Å²) in [5.41, 5.74) is -0.556. The molecule has 1 aromatic heterocycles. The van der Waals surface area contributed by atoms with Crippen LogP contribution in [0.4, 0.5) is 0 Å². The van der Waals surface area contributed by atoms with Crippen molar-refractivity contribution in [2.45, 2.75) is 27.5 Å². The summed E-state index contributed by atoms with van der Waals surface area (Å²) in [6, 6.07) is 3.18. The van der Waals surface area contributed by atoms with Crippen LogP contribution in [0.15, 0.2) is 23.3 Å². The van der Waals surface area contributed by atoms with E-state index < -0.39 is 11.4 Å². The zero-order chi connectivity index (χ0) is 20.7. The third-order valence-corrected chi connectivity index (χ3v) is 3.92. The quantitative estimate of drug-likeness (QED) is 0.355. The number of hydrogen-bond donors (Lipinski definition) is 0. The Kier molecular flexibility index (Phi) is 7.65. The van der Waals surface area contributed by atoms with E-state index in [2.05, 4.69) is 4.98 Å². The molecule has 1 heterocycles. The van der Waals surface area contributed by atoms with Crippen molar-refractivity contribution in [1.29, 1.82) is 0 Å². The van der Waals surface area contributed by atoms with Crippen LogP contribution in [0, 0.1) is 5.41 Å². The lowest BCUT2D eigenvalue weighted by Gasteiger charge is -2.17. The summed E-state index contributed by atoms with van der Waals surface area (Å²) in [5, 5.41) is 0.330. The van der Waals surface area contributed by atoms with E-state index in [0.717, 1.165) is 0 Å². The van der Waals surface area contributed by atoms with E-state index in [9.17, 15) is 9.59 Å². The highest BCUT2D eigenvalue weighted by atomic mass is 35.5. The van der Waals surface area contributed by atoms with Crippen molar-refractivity contribution in [3.05, 3.63) is 28.8 Å². The molecule has 0 radical (unpaired) electrons. The molecule has 0 saturated heterocycles. The van der Waals surface area contributed by atoms with Gasteiger partial charge < -0.3 is 18.9 Å². The molecule has 0 bridgehead atoms. The molecule has 0 atom stereocenters. The predicted octanol–water partition coefficient (Wildman–Crippen LogP) is 2.59. The largest absolute Gasteiger partial charge is 0.493 e. The fourth-order valence-corrected chi connectivity index (χ4v) is 2.35. The lowest BCUT2D eigenvalue weighted by atomic mass is 9.98. The van der Waals surface area contributed by atoms with Crippen LogP contribution >= 0.6 is 11.6 Å². The molecule has 0 amide bonds. The van der Waals surface area contributed by atoms with Crippen molar-refractivity contribution < 1.29 is 23.7 Å². The summed E-state index contributed by atoms with van der Waals surface area (Å²) in [6.07, 6.45) is 1.33. The van der Waals surface area contributed by atoms with E-state index in [1.807, 2.05) is 0 Å². The van der Waals surface area contributed by atoms with Crippen LogP contribution in [0.2, 0.25) is 0 Å². The molecular weight excluding hydrogens is 388 g/mol. The molecule has 0 aliphatic carbocycles. The number of rotatable bonds is 9. The Morgan fingerprint density at radius 2 is 1.93 bits per heavy atom. The number of carbonyl (C=O) groups is 1. The van der Waals surface area contributed by atoms with Gasteiger partial charge in [0, 0.05) is 11.9 Å². The standard InChI is InChI=1S/C19H25ClN2O6/c1-19(2,3)18(24)28-12-22-11-21-14-10-16(27-8-7-26-6-5-20)15(25-4)9-13(14)17(22)23/h9-11H,5-8,12H2,1-4H3. The molecule has 0 N–H and O–H groups in total. The van der Waals surface area contributed by atoms with E-state index in [-0.39, 0.29) is 12.3 Å². The molecule has 0 aliphatic heterocycles. The number of ether oxygens (including phenoxy) is 4. The SMILES string of the molecule is COc1cc2c(=O)n(COC(=O)C(C)(C)C)cnc2cc1OCCOCCCl. The first-order valence-corrected chi connectivity index (χ1v) is 9.32. The van der Waals surface area contributed by atoms with E-state index >= 15 is 0 Å². The highest BCUT2D eigenvalue weighted by molar-refractivity contribution is 6.17. The van der Waals surface area contributed by atoms with Crippen LogP contribution < -0.4 is 15.0 Å². The number of halogens is 1. The van der Waals surface area contributed by atoms with Crippen LogP contribution in [-0.4, -0.2) is 48.3 Å². The Morgan fingerprint density at radius 3 is 2.57 bits per heavy atom. The maximum absolute atomic E-state index is 12.7. The Morgan fingerprint density at radius 1 is 1.18 bits per heavy atom. The molecule has 0 fully saturated rings. The Bertz CT molecular complexity index is 875. The predicted molar refractivity (Wildman–Crippen MR) is 105 cm³/mol. The van der Waals surface area contributed by atoms with Gasteiger partial charge in [-0.05, 0) is 26.8 Å². The van der Waals surface area contributed by atoms with E-state index in [1.165, 1.54) is 18.0 Å². The van der Waals surface area contributed by atoms with Crippen molar-refractivity contribution >= 4 is 28.5 Å². The summed E-state index contributed by atoms with van der Waals surface area (Å²) in [5.74, 6) is 0.860. The first-order chi connectivity index (χ1) is 13.3. The highest BCUT2D eigenvalue weighted by Gasteiger charge is 2.23. The molecule has 0 saturated carbocycles. The molecular formula is C19H25ClN2O6. The smallest absolute Gasteiger partial charge is 0.312 e. The lowest BCUT2D eigenvalue weighted by Crippen LogP contribution is -2.28. The van der Waals surface area contributed by atoms with Gasteiger partial charge in [0.1, 0.15) is 12.9 Å². The van der Waals surface area contributed by atoms with Gasteiger partial charge in [-0.2, -0.15) is 0 Å². The second-order valence-electron chi connectivity index (χ2n) is 7.00. The van der Waals surface area contributed by atoms with Crippen LogP contribution in [0.1, 0.15) is 20.8 Å². The average molecular weight is 413 g/mol. The lowest BCUT2D eigenvalue weighted by molar-refractivity contribution is -0.157. The number of methoxy groups -OCH3 is 1. The maximum Gasteiger partial charge on any atom is 0.312 e. The highest BCUT2D eigenvalue weighted by Crippen LogP contribution is 2.30. The zero-order valence-corrected chi connectivity index (χ0v) is 17.2. The monoisotopic (exact) mass is 412 g/mol. The number of aromatic nitrogens is 2. The average Bonchev–Trinajstić information content (AvgIpc) is 2.66. The zero-order valence-electron chi connectivity index (χ0n) is 16.5. The fraction of sp³-hybridized carbons (Fsp3) is 0.526. The van der Waals surface area contributed by atoms with E-state index in [4.69, 9.17) is 30.5 Å². The molecule has 28 heavy (non-hydrogen) atoms. The molecule has 8 nitrogen and oxygen atoms in total. The van der Waals surface area contributed by atoms with Gasteiger partial charge >= 0.3 is 5.97 Å². The van der Waals surface area contributed by atoms with Crippen molar-refractivity contribution in [3.63, 3.8) is 0 Å². The first-order valence-electron chi connectivity index (χ1n) is 8.79. The molecule has 2 rings (SSSR count). The van der Waals surface area contributed by atoms with E-state index in [1.54, 1.807) is 32.9 Å². The van der Waals surface area contributed by atoms with Crippen LogP contribution in [0.25, 0.3) is 10.9 Å². The molecule has 0 spiro atoms. The number of nitrogens with zero attached hydrogens (tertiary/aromatic N) is 2. The molecule has 154 valence electrons. The minimum absolute atomic E-state index is 0.212. The molecule has 1 aromatic carbocycles. The van der Waals surface area contributed by atoms with Crippen LogP contribution in [0.3, 0.4) is 0 Å². The fourth-order valence-electron chi connectivity index (χ4n) is 2.24. The summed E-state index contributed by atoms with van der Waals surface area (Å²) in [7, 11) is 1.48. The van der Waals surface area contributed by atoms with Crippen molar-refractivity contribution in [1.82, 2.24) is 9.55 Å². The Hall–Kier alpha value is -2.32. The van der Waals surface area contributed by atoms with Crippen molar-refractivity contribution in [2.24, 2.45) is 5.41 Å². The topological polar surface area (TPSA) is 88.9 Å². The second-order valence-corrected chi connectivity index (χ2v) is 7.38. The minimum atomic E-state index is -0.656. The molecule has 2 aromatic rings. The van der Waals surface area contributed by atoms with Gasteiger partial charge in [0.25, 0.3) is 5.56 Å². The van der Waals surface area contributed by atoms with Gasteiger partial charge in [0.2, 0.25) is 0 Å². The van der Waals surface area contributed by atoms with Gasteiger partial charge in [-0.25, -0.2) is 4.98 Å². The Balaban J connectivity index is 2.21. The summed E-state index contributed by atoms with van der Waals surface area (Å²) in [6.45, 7) is 6.13. The van der Waals surface area contributed by atoms with E-state index in [0.29, 0.717) is 48.1 Å². The second kappa shape index (κ2) is 9.75. The number of hydrogen-bond acceptors (Lipinski definition) is 7. The number of fused-ring (bicyclic) bond motifs is 1. The Labute approximate surface area is 168 Å². The van der Waals surface area contributed by atoms with Gasteiger partial charge in [-0.1, -0.05) is 0 Å².